The van der Waals surface area contributed by atoms with E-state index in [9.17, 15) is 19.2 Å². The molecule has 1 atom stereocenters. The Morgan fingerprint density at radius 3 is 2.57 bits per heavy atom. The van der Waals surface area contributed by atoms with E-state index in [4.69, 9.17) is 5.11 Å². The van der Waals surface area contributed by atoms with Gasteiger partial charge in [0.1, 0.15) is 6.04 Å². The van der Waals surface area contributed by atoms with Crippen LogP contribution in [0.15, 0.2) is 0 Å². The first-order valence-electron chi connectivity index (χ1n) is 6.94. The van der Waals surface area contributed by atoms with Crippen molar-refractivity contribution in [3.05, 3.63) is 0 Å². The van der Waals surface area contributed by atoms with Gasteiger partial charge >= 0.3 is 12.0 Å². The molecule has 0 radical (unpaired) electrons. The molecule has 8 nitrogen and oxygen atoms in total. The molecule has 1 heterocycles. The number of likely N-dealkylation sites (tertiary alicyclic amines) is 1. The second-order valence-electron chi connectivity index (χ2n) is 5.65. The van der Waals surface area contributed by atoms with E-state index in [-0.39, 0.29) is 25.3 Å². The van der Waals surface area contributed by atoms with Crippen molar-refractivity contribution in [3.63, 3.8) is 0 Å². The molecule has 1 aliphatic carbocycles. The quantitative estimate of drug-likeness (QED) is 0.615. The zero-order valence-corrected chi connectivity index (χ0v) is 11.8. The first-order chi connectivity index (χ1) is 9.85. The van der Waals surface area contributed by atoms with Crippen molar-refractivity contribution < 1.29 is 24.3 Å². The van der Waals surface area contributed by atoms with Gasteiger partial charge in [0.25, 0.3) is 5.91 Å². The molecule has 0 aromatic carbocycles. The van der Waals surface area contributed by atoms with Crippen LogP contribution in [-0.2, 0) is 14.4 Å². The molecule has 1 saturated heterocycles. The fourth-order valence-electron chi connectivity index (χ4n) is 2.58. The van der Waals surface area contributed by atoms with Gasteiger partial charge in [-0.15, -0.1) is 0 Å². The van der Waals surface area contributed by atoms with Crippen molar-refractivity contribution in [1.82, 2.24) is 15.5 Å². The Labute approximate surface area is 121 Å². The number of carbonyl (C=O) groups excluding carboxylic acids is 3. The monoisotopic (exact) mass is 297 g/mol. The number of rotatable bonds is 4. The van der Waals surface area contributed by atoms with Crippen LogP contribution in [0.1, 0.15) is 32.1 Å². The Kier molecular flexibility index (Phi) is 4.15. The standard InChI is InChI=1S/C13H19N3O5/c1-16-9(17)4-3-8(10(16)18)15-12(21)14-7-13(11(19)20)5-2-6-13/h8H,2-7H2,1H3,(H,19,20)(H2,14,15,21). The van der Waals surface area contributed by atoms with Gasteiger partial charge in [-0.25, -0.2) is 4.79 Å². The predicted molar refractivity (Wildman–Crippen MR) is 71.3 cm³/mol. The minimum absolute atomic E-state index is 0.0455. The number of hydrogen-bond donors (Lipinski definition) is 3. The highest BCUT2D eigenvalue weighted by atomic mass is 16.4. The molecule has 21 heavy (non-hydrogen) atoms. The lowest BCUT2D eigenvalue weighted by Crippen LogP contribution is -2.56. The van der Waals surface area contributed by atoms with Crippen LogP contribution in [0, 0.1) is 5.41 Å². The number of likely N-dealkylation sites (N-methyl/N-ethyl adjacent to an activating group) is 1. The summed E-state index contributed by atoms with van der Waals surface area (Å²) in [4.78, 5) is 47.1. The fourth-order valence-corrected chi connectivity index (χ4v) is 2.58. The maximum absolute atomic E-state index is 11.8. The molecule has 1 unspecified atom stereocenters. The zero-order valence-electron chi connectivity index (χ0n) is 11.8. The molecule has 1 saturated carbocycles. The minimum atomic E-state index is -0.909. The fraction of sp³-hybridized carbons (Fsp3) is 0.692. The maximum Gasteiger partial charge on any atom is 0.315 e. The second kappa shape index (κ2) is 5.71. The van der Waals surface area contributed by atoms with E-state index in [1.807, 2.05) is 0 Å². The van der Waals surface area contributed by atoms with E-state index in [2.05, 4.69) is 10.6 Å². The van der Waals surface area contributed by atoms with Crippen LogP contribution in [0.5, 0.6) is 0 Å². The number of nitrogens with one attached hydrogen (secondary N) is 2. The van der Waals surface area contributed by atoms with Crippen LogP contribution in [0.25, 0.3) is 0 Å². The molecule has 2 fully saturated rings. The van der Waals surface area contributed by atoms with Gasteiger partial charge in [-0.1, -0.05) is 6.42 Å². The highest BCUT2D eigenvalue weighted by Gasteiger charge is 2.44. The molecule has 1 aliphatic heterocycles. The number of imide groups is 1. The lowest BCUT2D eigenvalue weighted by Gasteiger charge is -2.37. The molecule has 2 rings (SSSR count). The average Bonchev–Trinajstić information content (AvgIpc) is 2.38. The normalized spacial score (nSPS) is 24.2. The number of carboxylic acid groups (broad SMARTS) is 1. The molecule has 2 aliphatic rings. The van der Waals surface area contributed by atoms with Gasteiger partial charge < -0.3 is 15.7 Å². The predicted octanol–water partition coefficient (Wildman–Crippen LogP) is -0.312. The molecule has 116 valence electrons. The van der Waals surface area contributed by atoms with E-state index in [1.54, 1.807) is 0 Å². The molecular formula is C13H19N3O5. The number of hydrogen-bond acceptors (Lipinski definition) is 4. The highest BCUT2D eigenvalue weighted by molar-refractivity contribution is 6.01. The van der Waals surface area contributed by atoms with Crippen molar-refractivity contribution in [2.24, 2.45) is 5.41 Å². The Bertz CT molecular complexity index is 486. The van der Waals surface area contributed by atoms with E-state index in [1.165, 1.54) is 7.05 Å². The smallest absolute Gasteiger partial charge is 0.315 e. The third kappa shape index (κ3) is 2.98. The van der Waals surface area contributed by atoms with Crippen LogP contribution in [0.4, 0.5) is 4.79 Å². The van der Waals surface area contributed by atoms with E-state index in [0.717, 1.165) is 11.3 Å². The Morgan fingerprint density at radius 1 is 1.38 bits per heavy atom. The lowest BCUT2D eigenvalue weighted by molar-refractivity contribution is -0.154. The summed E-state index contributed by atoms with van der Waals surface area (Å²) in [5, 5.41) is 14.2. The number of piperidine rings is 1. The minimum Gasteiger partial charge on any atom is -0.481 e. The van der Waals surface area contributed by atoms with Crippen molar-refractivity contribution in [3.8, 4) is 0 Å². The summed E-state index contributed by atoms with van der Waals surface area (Å²) in [6, 6.07) is -1.32. The summed E-state index contributed by atoms with van der Waals surface area (Å²) in [5.41, 5.74) is -0.874. The van der Waals surface area contributed by atoms with Crippen molar-refractivity contribution in [2.45, 2.75) is 38.1 Å². The van der Waals surface area contributed by atoms with E-state index >= 15 is 0 Å². The van der Waals surface area contributed by atoms with Gasteiger partial charge in [0.2, 0.25) is 5.91 Å². The number of carboxylic acids is 1. The summed E-state index contributed by atoms with van der Waals surface area (Å²) in [6.07, 6.45) is 2.39. The topological polar surface area (TPSA) is 116 Å². The van der Waals surface area contributed by atoms with Gasteiger partial charge in [0.05, 0.1) is 5.41 Å². The average molecular weight is 297 g/mol. The van der Waals surface area contributed by atoms with Gasteiger partial charge in [-0.2, -0.15) is 0 Å². The van der Waals surface area contributed by atoms with Crippen LogP contribution in [-0.4, -0.2) is 53.5 Å². The van der Waals surface area contributed by atoms with E-state index in [0.29, 0.717) is 12.8 Å². The number of nitrogens with zero attached hydrogens (tertiary/aromatic N) is 1. The number of carbonyl (C=O) groups is 4. The second-order valence-corrected chi connectivity index (χ2v) is 5.65. The Balaban J connectivity index is 1.83. The summed E-state index contributed by atoms with van der Waals surface area (Å²) < 4.78 is 0. The zero-order chi connectivity index (χ0) is 15.6. The van der Waals surface area contributed by atoms with Crippen LogP contribution in [0.2, 0.25) is 0 Å². The third-order valence-electron chi connectivity index (χ3n) is 4.31. The third-order valence-corrected chi connectivity index (χ3v) is 4.31. The van der Waals surface area contributed by atoms with Crippen LogP contribution < -0.4 is 10.6 Å². The largest absolute Gasteiger partial charge is 0.481 e. The summed E-state index contributed by atoms with van der Waals surface area (Å²) >= 11 is 0. The summed E-state index contributed by atoms with van der Waals surface area (Å²) in [6.45, 7) is 0.0455. The van der Waals surface area contributed by atoms with Crippen molar-refractivity contribution in [2.75, 3.05) is 13.6 Å². The van der Waals surface area contributed by atoms with Gasteiger partial charge in [0, 0.05) is 20.0 Å². The molecule has 0 bridgehead atoms. The van der Waals surface area contributed by atoms with Crippen molar-refractivity contribution in [1.29, 1.82) is 0 Å². The van der Waals surface area contributed by atoms with Gasteiger partial charge in [-0.05, 0) is 19.3 Å². The number of aliphatic carboxylic acids is 1. The molecular weight excluding hydrogens is 278 g/mol. The van der Waals surface area contributed by atoms with Crippen LogP contribution in [0.3, 0.4) is 0 Å². The summed E-state index contributed by atoms with van der Waals surface area (Å²) in [5.74, 6) is -1.62. The number of amides is 4. The number of urea groups is 1. The molecule has 0 aromatic heterocycles. The van der Waals surface area contributed by atoms with Gasteiger partial charge in [-0.3, -0.25) is 19.3 Å². The maximum atomic E-state index is 11.8. The molecule has 0 aromatic rings. The van der Waals surface area contributed by atoms with E-state index < -0.39 is 29.4 Å². The molecule has 3 N–H and O–H groups in total. The highest BCUT2D eigenvalue weighted by Crippen LogP contribution is 2.40. The SMILES string of the molecule is CN1C(=O)CCC(NC(=O)NCC2(C(=O)O)CCC2)C1=O. The Morgan fingerprint density at radius 2 is 2.05 bits per heavy atom. The molecule has 0 spiro atoms. The first-order valence-corrected chi connectivity index (χ1v) is 6.94. The summed E-state index contributed by atoms with van der Waals surface area (Å²) in [7, 11) is 1.38. The lowest BCUT2D eigenvalue weighted by atomic mass is 9.69. The molecule has 8 heteroatoms. The molecule has 4 amide bonds. The van der Waals surface area contributed by atoms with Crippen molar-refractivity contribution >= 4 is 23.8 Å². The van der Waals surface area contributed by atoms with Crippen LogP contribution >= 0.6 is 0 Å². The van der Waals surface area contributed by atoms with Gasteiger partial charge in [0.15, 0.2) is 0 Å². The first kappa shape index (κ1) is 15.3. The Hall–Kier alpha value is -2.12.